The van der Waals surface area contributed by atoms with Crippen molar-refractivity contribution in [3.63, 3.8) is 0 Å². The molecule has 1 aliphatic heterocycles. The molecule has 0 amide bonds. The summed E-state index contributed by atoms with van der Waals surface area (Å²) in [7, 11) is 0. The highest BCUT2D eigenvalue weighted by atomic mass is 16.5. The first-order valence-corrected chi connectivity index (χ1v) is 16.0. The lowest BCUT2D eigenvalue weighted by molar-refractivity contribution is -0.217. The van der Waals surface area contributed by atoms with Gasteiger partial charge in [-0.2, -0.15) is 0 Å². The van der Waals surface area contributed by atoms with Crippen LogP contribution in [0, 0.1) is 11.8 Å². The molecule has 224 valence electrons. The minimum Gasteiger partial charge on any atom is -0.388 e. The molecule has 44 heavy (non-hydrogen) atoms. The third kappa shape index (κ3) is 4.79. The summed E-state index contributed by atoms with van der Waals surface area (Å²) < 4.78 is 13.4. The molecule has 5 heteroatoms. The quantitative estimate of drug-likeness (QED) is 0.183. The molecule has 5 aromatic rings. The minimum absolute atomic E-state index is 0.180. The van der Waals surface area contributed by atoms with Crippen molar-refractivity contribution < 1.29 is 14.6 Å². The number of aromatic nitrogens is 1. The number of nitrogens with zero attached hydrogens (tertiary/aromatic N) is 1. The molecule has 0 spiro atoms. The van der Waals surface area contributed by atoms with Crippen molar-refractivity contribution in [2.75, 3.05) is 19.8 Å². The van der Waals surface area contributed by atoms with Gasteiger partial charge < -0.3 is 19.6 Å². The molecule has 4 unspecified atom stereocenters. The summed E-state index contributed by atoms with van der Waals surface area (Å²) in [6, 6.07) is 40.4. The molecule has 3 aliphatic rings. The van der Waals surface area contributed by atoms with Crippen LogP contribution in [-0.4, -0.2) is 40.3 Å². The summed E-state index contributed by atoms with van der Waals surface area (Å²) in [5, 5.41) is 13.4. The lowest BCUT2D eigenvalue weighted by Gasteiger charge is -2.61. The van der Waals surface area contributed by atoms with E-state index >= 15 is 0 Å². The van der Waals surface area contributed by atoms with Gasteiger partial charge in [0.05, 0.1) is 37.4 Å². The van der Waals surface area contributed by atoms with E-state index in [0.29, 0.717) is 33.0 Å². The number of ether oxygens (including phenoxy) is 2. The average molecular weight is 585 g/mol. The topological polar surface area (TPSA) is 57.7 Å². The second kappa shape index (κ2) is 11.3. The molecule has 2 heterocycles. The first kappa shape index (κ1) is 27.8. The summed E-state index contributed by atoms with van der Waals surface area (Å²) >= 11 is 0. The lowest BCUT2D eigenvalue weighted by Crippen LogP contribution is -2.68. The smallest absolute Gasteiger partial charge is 0.0809 e. The van der Waals surface area contributed by atoms with Gasteiger partial charge in [-0.25, -0.2) is 0 Å². The standard InChI is InChI=1S/C39H40N2O3/c42-39-21-33-32(39)20-35(41(25-39)22-28-12-4-1-5-13-28)36-31-18-10-11-19-34(31)40-37(36)38(33,26-43-23-29-14-6-2-7-15-29)27-44-24-30-16-8-3-9-17-30/h1-19,32-33,35,40,42H,20-27H2. The van der Waals surface area contributed by atoms with Crippen LogP contribution in [0.3, 0.4) is 0 Å². The van der Waals surface area contributed by atoms with E-state index in [0.717, 1.165) is 36.0 Å². The van der Waals surface area contributed by atoms with Crippen LogP contribution in [0.4, 0.5) is 0 Å². The number of benzene rings is 4. The lowest BCUT2D eigenvalue weighted by atomic mass is 9.50. The van der Waals surface area contributed by atoms with E-state index in [4.69, 9.17) is 9.47 Å². The van der Waals surface area contributed by atoms with E-state index in [1.165, 1.54) is 22.2 Å². The Bertz CT molecular complexity index is 1670. The minimum atomic E-state index is -0.709. The molecule has 1 saturated heterocycles. The number of aromatic amines is 1. The SMILES string of the molecule is OC12CC3C1CC(c1c([nH]c4ccccc14)C3(COCc1ccccc1)COCc1ccccc1)N(Cc1ccccc1)C2. The van der Waals surface area contributed by atoms with Crippen LogP contribution >= 0.6 is 0 Å². The highest BCUT2D eigenvalue weighted by Crippen LogP contribution is 2.64. The zero-order valence-corrected chi connectivity index (χ0v) is 25.1. The number of fused-ring (bicyclic) bond motifs is 5. The first-order valence-electron chi connectivity index (χ1n) is 16.0. The van der Waals surface area contributed by atoms with Crippen LogP contribution < -0.4 is 0 Å². The summed E-state index contributed by atoms with van der Waals surface area (Å²) in [6.07, 6.45) is 1.68. The predicted octanol–water partition coefficient (Wildman–Crippen LogP) is 7.17. The number of nitrogens with one attached hydrogen (secondary N) is 1. The van der Waals surface area contributed by atoms with E-state index in [1.807, 2.05) is 12.1 Å². The Morgan fingerprint density at radius 3 is 1.91 bits per heavy atom. The molecule has 0 radical (unpaired) electrons. The Morgan fingerprint density at radius 1 is 0.705 bits per heavy atom. The summed E-state index contributed by atoms with van der Waals surface area (Å²) in [5.74, 6) is 0.425. The summed E-state index contributed by atoms with van der Waals surface area (Å²) in [5.41, 5.74) is 6.23. The zero-order chi connectivity index (χ0) is 29.6. The number of piperidine rings is 1. The first-order chi connectivity index (χ1) is 21.6. The highest BCUT2D eigenvalue weighted by Gasteiger charge is 2.66. The van der Waals surface area contributed by atoms with E-state index < -0.39 is 11.0 Å². The largest absolute Gasteiger partial charge is 0.388 e. The predicted molar refractivity (Wildman–Crippen MR) is 173 cm³/mol. The fraction of sp³-hybridized carbons (Fsp3) is 0.333. The van der Waals surface area contributed by atoms with Crippen molar-refractivity contribution in [2.45, 2.75) is 49.7 Å². The van der Waals surface area contributed by atoms with Crippen LogP contribution in [0.5, 0.6) is 0 Å². The zero-order valence-electron chi connectivity index (χ0n) is 25.1. The molecule has 2 fully saturated rings. The van der Waals surface area contributed by atoms with E-state index in [1.54, 1.807) is 0 Å². The molecule has 2 N–H and O–H groups in total. The van der Waals surface area contributed by atoms with Crippen LogP contribution in [0.15, 0.2) is 115 Å². The van der Waals surface area contributed by atoms with Crippen molar-refractivity contribution in [1.82, 2.24) is 9.88 Å². The molecular weight excluding hydrogens is 544 g/mol. The number of H-pyrrole nitrogens is 1. The maximum atomic E-state index is 12.2. The number of rotatable bonds is 10. The molecule has 2 aliphatic carbocycles. The van der Waals surface area contributed by atoms with Gasteiger partial charge in [0, 0.05) is 35.7 Å². The van der Waals surface area contributed by atoms with Crippen LogP contribution in [0.25, 0.3) is 10.9 Å². The molecule has 4 aromatic carbocycles. The Hall–Kier alpha value is -3.74. The molecule has 8 rings (SSSR count). The third-order valence-electron chi connectivity index (χ3n) is 10.6. The molecule has 4 atom stereocenters. The maximum absolute atomic E-state index is 12.2. The van der Waals surface area contributed by atoms with Crippen LogP contribution in [0.1, 0.15) is 46.8 Å². The van der Waals surface area contributed by atoms with Gasteiger partial charge in [-0.3, -0.25) is 4.90 Å². The summed E-state index contributed by atoms with van der Waals surface area (Å²) in [4.78, 5) is 6.48. The second-order valence-corrected chi connectivity index (χ2v) is 13.2. The van der Waals surface area contributed by atoms with Crippen molar-refractivity contribution in [2.24, 2.45) is 11.8 Å². The second-order valence-electron chi connectivity index (χ2n) is 13.2. The van der Waals surface area contributed by atoms with Gasteiger partial charge in [-0.15, -0.1) is 0 Å². The van der Waals surface area contributed by atoms with Crippen LogP contribution in [0.2, 0.25) is 0 Å². The Kier molecular flexibility index (Phi) is 7.15. The normalized spacial score (nSPS) is 25.2. The average Bonchev–Trinajstić information content (AvgIpc) is 3.42. The molecule has 5 nitrogen and oxygen atoms in total. The Balaban J connectivity index is 1.23. The van der Waals surface area contributed by atoms with Crippen molar-refractivity contribution in [3.8, 4) is 0 Å². The number of likely N-dealkylation sites (tertiary alicyclic amines) is 1. The number of hydrogen-bond acceptors (Lipinski definition) is 4. The van der Waals surface area contributed by atoms with Gasteiger partial charge in [0.2, 0.25) is 0 Å². The van der Waals surface area contributed by atoms with Crippen molar-refractivity contribution >= 4 is 10.9 Å². The van der Waals surface area contributed by atoms with Gasteiger partial charge in [-0.1, -0.05) is 109 Å². The van der Waals surface area contributed by atoms with Gasteiger partial charge in [0.15, 0.2) is 0 Å². The third-order valence-corrected chi connectivity index (χ3v) is 10.6. The number of hydrogen-bond donors (Lipinski definition) is 2. The van der Waals surface area contributed by atoms with Gasteiger partial charge in [0.25, 0.3) is 0 Å². The number of para-hydroxylation sites is 1. The molecule has 2 bridgehead atoms. The summed E-state index contributed by atoms with van der Waals surface area (Å²) in [6.45, 7) is 3.63. The number of aliphatic hydroxyl groups is 1. The van der Waals surface area contributed by atoms with Gasteiger partial charge in [-0.05, 0) is 53.0 Å². The maximum Gasteiger partial charge on any atom is 0.0809 e. The molecule has 1 saturated carbocycles. The van der Waals surface area contributed by atoms with Gasteiger partial charge >= 0.3 is 0 Å². The highest BCUT2D eigenvalue weighted by molar-refractivity contribution is 5.86. The molecular formula is C39H40N2O3. The fourth-order valence-corrected chi connectivity index (χ4v) is 8.51. The van der Waals surface area contributed by atoms with Crippen molar-refractivity contribution in [3.05, 3.63) is 143 Å². The Labute approximate surface area is 259 Å². The van der Waals surface area contributed by atoms with E-state index in [2.05, 4.69) is 113 Å². The number of β-amino-alcohol motifs (C(OH)–C–C–N with tert-alkyl or cyclic N) is 1. The Morgan fingerprint density at radius 2 is 1.27 bits per heavy atom. The van der Waals surface area contributed by atoms with E-state index in [-0.39, 0.29) is 17.9 Å². The monoisotopic (exact) mass is 584 g/mol. The van der Waals surface area contributed by atoms with Gasteiger partial charge in [0.1, 0.15) is 0 Å². The van der Waals surface area contributed by atoms with Crippen LogP contribution in [-0.2, 0) is 34.6 Å². The fourth-order valence-electron chi connectivity index (χ4n) is 8.51. The van der Waals surface area contributed by atoms with Crippen molar-refractivity contribution in [1.29, 1.82) is 0 Å². The van der Waals surface area contributed by atoms with E-state index in [9.17, 15) is 5.11 Å². The molecule has 1 aromatic heterocycles.